The third-order valence-electron chi connectivity index (χ3n) is 3.18. The molecular formula is C18H23ClN2O2. The number of anilines is 1. The van der Waals surface area contributed by atoms with Crippen LogP contribution in [0.25, 0.3) is 0 Å². The zero-order valence-corrected chi connectivity index (χ0v) is 14.3. The lowest BCUT2D eigenvalue weighted by Crippen LogP contribution is -2.15. The molecule has 0 aromatic heterocycles. The SMILES string of the molecule is CNCc1cccc(NC(=O)CCOc2cccc(C)c2)c1.Cl. The molecule has 0 heterocycles. The molecular weight excluding hydrogens is 312 g/mol. The highest BCUT2D eigenvalue weighted by molar-refractivity contribution is 5.90. The van der Waals surface area contributed by atoms with Crippen molar-refractivity contribution in [1.29, 1.82) is 0 Å². The van der Waals surface area contributed by atoms with E-state index in [4.69, 9.17) is 4.74 Å². The van der Waals surface area contributed by atoms with Crippen molar-refractivity contribution in [3.05, 3.63) is 59.7 Å². The number of halogens is 1. The second-order valence-corrected chi connectivity index (χ2v) is 5.19. The molecule has 0 aliphatic rings. The molecule has 2 aromatic rings. The lowest BCUT2D eigenvalue weighted by molar-refractivity contribution is -0.116. The number of rotatable bonds is 7. The predicted octanol–water partition coefficient (Wildman–Crippen LogP) is 3.54. The summed E-state index contributed by atoms with van der Waals surface area (Å²) < 4.78 is 5.59. The van der Waals surface area contributed by atoms with Gasteiger partial charge < -0.3 is 15.4 Å². The monoisotopic (exact) mass is 334 g/mol. The van der Waals surface area contributed by atoms with Gasteiger partial charge in [0.2, 0.25) is 5.91 Å². The van der Waals surface area contributed by atoms with Crippen molar-refractivity contribution < 1.29 is 9.53 Å². The van der Waals surface area contributed by atoms with E-state index in [1.165, 1.54) is 0 Å². The number of hydrogen-bond acceptors (Lipinski definition) is 3. The smallest absolute Gasteiger partial charge is 0.227 e. The number of ether oxygens (including phenoxy) is 1. The number of carbonyl (C=O) groups is 1. The van der Waals surface area contributed by atoms with Gasteiger partial charge in [-0.3, -0.25) is 4.79 Å². The first-order chi connectivity index (χ1) is 10.7. The van der Waals surface area contributed by atoms with Gasteiger partial charge in [-0.15, -0.1) is 12.4 Å². The molecule has 0 atom stereocenters. The molecule has 2 N–H and O–H groups in total. The van der Waals surface area contributed by atoms with Crippen molar-refractivity contribution in [2.75, 3.05) is 19.0 Å². The summed E-state index contributed by atoms with van der Waals surface area (Å²) in [6.45, 7) is 3.16. The molecule has 0 unspecified atom stereocenters. The van der Waals surface area contributed by atoms with Crippen molar-refractivity contribution in [3.8, 4) is 5.75 Å². The van der Waals surface area contributed by atoms with Gasteiger partial charge in [0, 0.05) is 12.2 Å². The van der Waals surface area contributed by atoms with Crippen molar-refractivity contribution in [1.82, 2.24) is 5.32 Å². The van der Waals surface area contributed by atoms with Gasteiger partial charge in [0.1, 0.15) is 5.75 Å². The Morgan fingerprint density at radius 1 is 1.13 bits per heavy atom. The van der Waals surface area contributed by atoms with Crippen LogP contribution in [0.4, 0.5) is 5.69 Å². The normalized spacial score (nSPS) is 9.83. The van der Waals surface area contributed by atoms with E-state index in [9.17, 15) is 4.79 Å². The highest BCUT2D eigenvalue weighted by Gasteiger charge is 2.04. The largest absolute Gasteiger partial charge is 0.493 e. The molecule has 0 spiro atoms. The first-order valence-corrected chi connectivity index (χ1v) is 7.40. The minimum Gasteiger partial charge on any atom is -0.493 e. The summed E-state index contributed by atoms with van der Waals surface area (Å²) in [6, 6.07) is 15.6. The van der Waals surface area contributed by atoms with Gasteiger partial charge in [-0.25, -0.2) is 0 Å². The molecule has 4 nitrogen and oxygen atoms in total. The quantitative estimate of drug-likeness (QED) is 0.814. The second kappa shape index (κ2) is 9.87. The van der Waals surface area contributed by atoms with Crippen LogP contribution in [0, 0.1) is 6.92 Å². The van der Waals surface area contributed by atoms with Crippen LogP contribution < -0.4 is 15.4 Å². The lowest BCUT2D eigenvalue weighted by atomic mass is 10.2. The average Bonchev–Trinajstić information content (AvgIpc) is 2.48. The Balaban J connectivity index is 0.00000264. The van der Waals surface area contributed by atoms with E-state index in [0.717, 1.165) is 29.1 Å². The third kappa shape index (κ3) is 6.72. The molecule has 0 bridgehead atoms. The third-order valence-corrected chi connectivity index (χ3v) is 3.18. The zero-order chi connectivity index (χ0) is 15.8. The number of amides is 1. The summed E-state index contributed by atoms with van der Waals surface area (Å²) in [5, 5.41) is 5.98. The Morgan fingerprint density at radius 2 is 1.91 bits per heavy atom. The van der Waals surface area contributed by atoms with Crippen LogP contribution in [0.5, 0.6) is 5.75 Å². The van der Waals surface area contributed by atoms with Gasteiger partial charge in [-0.05, 0) is 49.4 Å². The van der Waals surface area contributed by atoms with Gasteiger partial charge in [0.15, 0.2) is 0 Å². The maximum absolute atomic E-state index is 11.9. The summed E-state index contributed by atoms with van der Waals surface area (Å²) in [5.41, 5.74) is 3.09. The van der Waals surface area contributed by atoms with Gasteiger partial charge in [0.25, 0.3) is 0 Å². The minimum atomic E-state index is -0.0470. The van der Waals surface area contributed by atoms with E-state index in [2.05, 4.69) is 10.6 Å². The standard InChI is InChI=1S/C18H22N2O2.ClH/c1-14-5-3-8-17(11-14)22-10-9-18(21)20-16-7-4-6-15(12-16)13-19-2;/h3-8,11-12,19H,9-10,13H2,1-2H3,(H,20,21);1H. The Bertz CT molecular complexity index is 632. The fraction of sp³-hybridized carbons (Fsp3) is 0.278. The van der Waals surface area contributed by atoms with Crippen LogP contribution in [0.2, 0.25) is 0 Å². The van der Waals surface area contributed by atoms with Crippen LogP contribution in [-0.4, -0.2) is 19.6 Å². The average molecular weight is 335 g/mol. The summed E-state index contributed by atoms with van der Waals surface area (Å²) in [5.74, 6) is 0.748. The van der Waals surface area contributed by atoms with Crippen molar-refractivity contribution >= 4 is 24.0 Å². The van der Waals surface area contributed by atoms with Crippen LogP contribution >= 0.6 is 12.4 Å². The molecule has 0 saturated carbocycles. The van der Waals surface area contributed by atoms with Crippen LogP contribution in [-0.2, 0) is 11.3 Å². The molecule has 0 saturated heterocycles. The minimum absolute atomic E-state index is 0. The van der Waals surface area contributed by atoms with E-state index in [-0.39, 0.29) is 18.3 Å². The molecule has 0 radical (unpaired) electrons. The molecule has 0 fully saturated rings. The molecule has 23 heavy (non-hydrogen) atoms. The molecule has 0 aliphatic carbocycles. The molecule has 2 rings (SSSR count). The van der Waals surface area contributed by atoms with Gasteiger partial charge in [0.05, 0.1) is 13.0 Å². The van der Waals surface area contributed by atoms with Gasteiger partial charge in [-0.1, -0.05) is 24.3 Å². The van der Waals surface area contributed by atoms with E-state index >= 15 is 0 Å². The van der Waals surface area contributed by atoms with Crippen LogP contribution in [0.15, 0.2) is 48.5 Å². The Labute approximate surface area is 143 Å². The number of nitrogens with one attached hydrogen (secondary N) is 2. The fourth-order valence-corrected chi connectivity index (χ4v) is 2.15. The topological polar surface area (TPSA) is 50.4 Å². The van der Waals surface area contributed by atoms with Crippen LogP contribution in [0.3, 0.4) is 0 Å². The van der Waals surface area contributed by atoms with Crippen molar-refractivity contribution in [3.63, 3.8) is 0 Å². The van der Waals surface area contributed by atoms with Gasteiger partial charge >= 0.3 is 0 Å². The van der Waals surface area contributed by atoms with E-state index in [1.807, 2.05) is 62.5 Å². The highest BCUT2D eigenvalue weighted by Crippen LogP contribution is 2.13. The van der Waals surface area contributed by atoms with Crippen LogP contribution in [0.1, 0.15) is 17.5 Å². The highest BCUT2D eigenvalue weighted by atomic mass is 35.5. The fourth-order valence-electron chi connectivity index (χ4n) is 2.15. The molecule has 2 aromatic carbocycles. The van der Waals surface area contributed by atoms with E-state index < -0.39 is 0 Å². The summed E-state index contributed by atoms with van der Waals surface area (Å²) in [4.78, 5) is 11.9. The Kier molecular flexibility index (Phi) is 8.16. The van der Waals surface area contributed by atoms with Gasteiger partial charge in [-0.2, -0.15) is 0 Å². The lowest BCUT2D eigenvalue weighted by Gasteiger charge is -2.09. The first kappa shape index (κ1) is 19.0. The first-order valence-electron chi connectivity index (χ1n) is 7.40. The maximum Gasteiger partial charge on any atom is 0.227 e. The predicted molar refractivity (Wildman–Crippen MR) is 96.4 cm³/mol. The summed E-state index contributed by atoms with van der Waals surface area (Å²) in [6.07, 6.45) is 0.324. The number of aryl methyl sites for hydroxylation is 1. The summed E-state index contributed by atoms with van der Waals surface area (Å²) >= 11 is 0. The molecule has 0 aliphatic heterocycles. The maximum atomic E-state index is 11.9. The molecule has 1 amide bonds. The zero-order valence-electron chi connectivity index (χ0n) is 13.5. The number of benzene rings is 2. The summed E-state index contributed by atoms with van der Waals surface area (Å²) in [7, 11) is 1.90. The van der Waals surface area contributed by atoms with E-state index in [0.29, 0.717) is 13.0 Å². The Morgan fingerprint density at radius 3 is 2.65 bits per heavy atom. The molecule has 5 heteroatoms. The number of hydrogen-bond donors (Lipinski definition) is 2. The van der Waals surface area contributed by atoms with Crippen molar-refractivity contribution in [2.45, 2.75) is 19.9 Å². The van der Waals surface area contributed by atoms with Crippen molar-refractivity contribution in [2.24, 2.45) is 0 Å². The Hall–Kier alpha value is -2.04. The molecule has 124 valence electrons. The second-order valence-electron chi connectivity index (χ2n) is 5.19. The number of carbonyl (C=O) groups excluding carboxylic acids is 1. The van der Waals surface area contributed by atoms with E-state index in [1.54, 1.807) is 0 Å².